The van der Waals surface area contributed by atoms with Gasteiger partial charge in [-0.2, -0.15) is 0 Å². The van der Waals surface area contributed by atoms with Crippen LogP contribution in [0.25, 0.3) is 0 Å². The average Bonchev–Trinajstić information content (AvgIpc) is 3.36. The van der Waals surface area contributed by atoms with Crippen molar-refractivity contribution in [1.29, 1.82) is 0 Å². The predicted molar refractivity (Wildman–Crippen MR) is 128 cm³/mol. The van der Waals surface area contributed by atoms with Gasteiger partial charge in [0.05, 0.1) is 5.41 Å². The molecular formula is C28H29N3O2. The van der Waals surface area contributed by atoms with Crippen LogP contribution < -0.4 is 10.6 Å². The molecule has 2 heterocycles. The molecule has 2 aromatic rings. The third-order valence-corrected chi connectivity index (χ3v) is 8.18. The molecule has 1 aliphatic heterocycles. The van der Waals surface area contributed by atoms with Crippen LogP contribution in [0.1, 0.15) is 52.9 Å². The fourth-order valence-electron chi connectivity index (χ4n) is 6.48. The van der Waals surface area contributed by atoms with Gasteiger partial charge < -0.3 is 10.6 Å². The molecule has 0 saturated heterocycles. The number of nitrogens with one attached hydrogen (secondary N) is 2. The van der Waals surface area contributed by atoms with E-state index in [4.69, 9.17) is 0 Å². The quantitative estimate of drug-likeness (QED) is 0.744. The van der Waals surface area contributed by atoms with Gasteiger partial charge in [-0.1, -0.05) is 48.9 Å². The molecule has 1 aromatic carbocycles. The van der Waals surface area contributed by atoms with E-state index < -0.39 is 5.41 Å². The topological polar surface area (TPSA) is 71.1 Å². The van der Waals surface area contributed by atoms with Crippen molar-refractivity contribution in [1.82, 2.24) is 10.3 Å². The van der Waals surface area contributed by atoms with Gasteiger partial charge in [0.2, 0.25) is 5.91 Å². The predicted octanol–water partition coefficient (Wildman–Crippen LogP) is 4.35. The van der Waals surface area contributed by atoms with E-state index in [1.54, 1.807) is 6.20 Å². The summed E-state index contributed by atoms with van der Waals surface area (Å²) < 4.78 is 0. The van der Waals surface area contributed by atoms with E-state index in [9.17, 15) is 9.59 Å². The van der Waals surface area contributed by atoms with Crippen molar-refractivity contribution in [2.45, 2.75) is 43.9 Å². The number of para-hydroxylation sites is 1. The summed E-state index contributed by atoms with van der Waals surface area (Å²) in [5, 5.41) is 6.13. The number of rotatable bonds is 4. The zero-order valence-corrected chi connectivity index (χ0v) is 18.7. The fourth-order valence-corrected chi connectivity index (χ4v) is 6.48. The highest BCUT2D eigenvalue weighted by atomic mass is 16.2. The first-order valence-electron chi connectivity index (χ1n) is 12.2. The number of amides is 2. The van der Waals surface area contributed by atoms with Crippen molar-refractivity contribution >= 4 is 17.5 Å². The van der Waals surface area contributed by atoms with Gasteiger partial charge in [0.15, 0.2) is 0 Å². The number of anilines is 1. The van der Waals surface area contributed by atoms with Gasteiger partial charge in [-0.15, -0.1) is 0 Å². The van der Waals surface area contributed by atoms with Crippen LogP contribution in [-0.4, -0.2) is 23.3 Å². The maximum absolute atomic E-state index is 12.9. The maximum Gasteiger partial charge on any atom is 0.269 e. The molecule has 4 aliphatic rings. The molecule has 1 saturated carbocycles. The maximum atomic E-state index is 12.9. The molecule has 1 fully saturated rings. The number of fused-ring (bicyclic) bond motifs is 4. The van der Waals surface area contributed by atoms with E-state index >= 15 is 0 Å². The summed E-state index contributed by atoms with van der Waals surface area (Å²) in [7, 11) is 0. The zero-order valence-electron chi connectivity index (χ0n) is 18.7. The number of hydrogen-bond acceptors (Lipinski definition) is 3. The van der Waals surface area contributed by atoms with Gasteiger partial charge in [0.1, 0.15) is 5.69 Å². The zero-order chi connectivity index (χ0) is 22.4. The molecule has 2 amide bonds. The largest absolute Gasteiger partial charge is 0.351 e. The van der Waals surface area contributed by atoms with E-state index in [1.807, 2.05) is 30.3 Å². The Morgan fingerprint density at radius 1 is 1.12 bits per heavy atom. The molecule has 3 aliphatic carbocycles. The monoisotopic (exact) mass is 439 g/mol. The second-order valence-electron chi connectivity index (χ2n) is 10.0. The first-order chi connectivity index (χ1) is 16.1. The van der Waals surface area contributed by atoms with Crippen LogP contribution in [0.3, 0.4) is 0 Å². The van der Waals surface area contributed by atoms with Crippen LogP contribution in [0.5, 0.6) is 0 Å². The lowest BCUT2D eigenvalue weighted by Crippen LogP contribution is -2.35. The summed E-state index contributed by atoms with van der Waals surface area (Å²) in [6, 6.07) is 9.80. The number of hydrogen-bond donors (Lipinski definition) is 2. The van der Waals surface area contributed by atoms with Crippen LogP contribution in [0.2, 0.25) is 0 Å². The normalized spacial score (nSPS) is 28.8. The Balaban J connectivity index is 1.12. The number of nitrogens with zero attached hydrogens (tertiary/aromatic N) is 1. The summed E-state index contributed by atoms with van der Waals surface area (Å²) in [4.78, 5) is 30.2. The molecule has 0 radical (unpaired) electrons. The van der Waals surface area contributed by atoms with E-state index in [1.165, 1.54) is 19.3 Å². The molecule has 5 nitrogen and oxygen atoms in total. The molecule has 1 aromatic heterocycles. The average molecular weight is 440 g/mol. The Kier molecular flexibility index (Phi) is 4.93. The molecule has 1 spiro atoms. The molecule has 6 rings (SSSR count). The summed E-state index contributed by atoms with van der Waals surface area (Å²) in [6.07, 6.45) is 16.8. The van der Waals surface area contributed by atoms with Gasteiger partial charge in [-0.25, -0.2) is 0 Å². The Labute approximate surface area is 194 Å². The lowest BCUT2D eigenvalue weighted by Gasteiger charge is -2.36. The van der Waals surface area contributed by atoms with Crippen molar-refractivity contribution in [3.8, 4) is 0 Å². The summed E-state index contributed by atoms with van der Waals surface area (Å²) in [5.74, 6) is 1.81. The van der Waals surface area contributed by atoms with E-state index in [0.717, 1.165) is 28.8 Å². The first-order valence-corrected chi connectivity index (χ1v) is 12.2. The van der Waals surface area contributed by atoms with Crippen molar-refractivity contribution < 1.29 is 9.59 Å². The Morgan fingerprint density at radius 2 is 1.97 bits per heavy atom. The number of pyridine rings is 1. The molecule has 2 N–H and O–H groups in total. The molecule has 33 heavy (non-hydrogen) atoms. The second kappa shape index (κ2) is 7.98. The van der Waals surface area contributed by atoms with Gasteiger partial charge >= 0.3 is 0 Å². The standard InChI is InChI=1S/C28H29N3O2/c32-26(29-13-12-19-8-5-7-18-6-1-2-9-22(18)19)25-14-20-15-28(16-21(20)17-30-25)23-10-3-4-11-24(23)31-27(28)33/h1-4,6,9-11,14,17-19,22H,5,7-8,12-13,15-16H2,(H,29,32)(H,31,33). The molecule has 4 unspecified atom stereocenters. The highest BCUT2D eigenvalue weighted by Crippen LogP contribution is 2.47. The van der Waals surface area contributed by atoms with Gasteiger partial charge in [0.25, 0.3) is 5.91 Å². The minimum Gasteiger partial charge on any atom is -0.351 e. The summed E-state index contributed by atoms with van der Waals surface area (Å²) in [6.45, 7) is 0.669. The smallest absolute Gasteiger partial charge is 0.269 e. The Hall–Kier alpha value is -3.21. The lowest BCUT2D eigenvalue weighted by molar-refractivity contribution is -0.120. The van der Waals surface area contributed by atoms with Crippen molar-refractivity contribution in [2.24, 2.45) is 17.8 Å². The molecule has 168 valence electrons. The Bertz CT molecular complexity index is 1180. The van der Waals surface area contributed by atoms with E-state index in [0.29, 0.717) is 42.8 Å². The van der Waals surface area contributed by atoms with Gasteiger partial charge in [-0.3, -0.25) is 14.6 Å². The van der Waals surface area contributed by atoms with Crippen molar-refractivity contribution in [3.05, 3.63) is 83.2 Å². The molecule has 5 heteroatoms. The second-order valence-corrected chi connectivity index (χ2v) is 10.0. The van der Waals surface area contributed by atoms with Crippen molar-refractivity contribution in [3.63, 3.8) is 0 Å². The van der Waals surface area contributed by atoms with E-state index in [2.05, 4.69) is 39.9 Å². The van der Waals surface area contributed by atoms with Crippen LogP contribution in [0.15, 0.2) is 60.8 Å². The van der Waals surface area contributed by atoms with Crippen molar-refractivity contribution in [2.75, 3.05) is 11.9 Å². The van der Waals surface area contributed by atoms with Gasteiger partial charge in [0, 0.05) is 18.4 Å². The number of benzene rings is 1. The number of allylic oxidation sites excluding steroid dienone is 4. The molecule has 0 bridgehead atoms. The Morgan fingerprint density at radius 3 is 2.91 bits per heavy atom. The highest BCUT2D eigenvalue weighted by molar-refractivity contribution is 6.07. The highest BCUT2D eigenvalue weighted by Gasteiger charge is 2.50. The van der Waals surface area contributed by atoms with Crippen LogP contribution in [-0.2, 0) is 23.1 Å². The van der Waals surface area contributed by atoms with Crippen LogP contribution in [0.4, 0.5) is 5.69 Å². The number of carbonyl (C=O) groups is 2. The summed E-state index contributed by atoms with van der Waals surface area (Å²) in [5.41, 5.74) is 3.93. The summed E-state index contributed by atoms with van der Waals surface area (Å²) >= 11 is 0. The third kappa shape index (κ3) is 3.41. The third-order valence-electron chi connectivity index (χ3n) is 8.18. The van der Waals surface area contributed by atoms with Gasteiger partial charge in [-0.05, 0) is 78.7 Å². The molecular weight excluding hydrogens is 410 g/mol. The van der Waals surface area contributed by atoms with Crippen LogP contribution >= 0.6 is 0 Å². The number of aromatic nitrogens is 1. The minimum atomic E-state index is -0.574. The van der Waals surface area contributed by atoms with Crippen LogP contribution in [0, 0.1) is 17.8 Å². The molecule has 4 atom stereocenters. The lowest BCUT2D eigenvalue weighted by atomic mass is 9.69. The number of carbonyl (C=O) groups excluding carboxylic acids is 2. The first kappa shape index (κ1) is 20.4. The minimum absolute atomic E-state index is 0.0447. The fraction of sp³-hybridized carbons (Fsp3) is 0.393. The SMILES string of the molecule is O=C(NCCC1CCCC2C=CC=CC21)c1cc2c(cn1)CC1(C2)C(=O)Nc2ccccc21. The van der Waals surface area contributed by atoms with E-state index in [-0.39, 0.29) is 11.8 Å².